The summed E-state index contributed by atoms with van der Waals surface area (Å²) in [5, 5.41) is 15.2. The summed E-state index contributed by atoms with van der Waals surface area (Å²) in [4.78, 5) is 25.7. The summed E-state index contributed by atoms with van der Waals surface area (Å²) in [6.07, 6.45) is -6.49. The molecule has 4 atom stereocenters. The Balaban J connectivity index is 1.57. The smallest absolute Gasteiger partial charge is 0.374 e. The lowest BCUT2D eigenvalue weighted by atomic mass is 10.0. The lowest BCUT2D eigenvalue weighted by Gasteiger charge is -2.33. The molecule has 4 rings (SSSR count). The van der Waals surface area contributed by atoms with E-state index in [1.165, 1.54) is 25.3 Å². The number of piperidine rings is 1. The van der Waals surface area contributed by atoms with Crippen LogP contribution >= 0.6 is 23.2 Å². The van der Waals surface area contributed by atoms with Crippen molar-refractivity contribution in [1.82, 2.24) is 15.5 Å². The molecule has 0 bridgehead atoms. The molecule has 4 unspecified atom stereocenters. The molecule has 35 heavy (non-hydrogen) atoms. The number of hydrogen-bond donors (Lipinski definition) is 3. The zero-order valence-corrected chi connectivity index (χ0v) is 19.9. The number of carbonyl (C=O) groups excluding carboxylic acids is 2. The Morgan fingerprint density at radius 3 is 2.57 bits per heavy atom. The zero-order chi connectivity index (χ0) is 25.5. The lowest BCUT2D eigenvalue weighted by Crippen LogP contribution is -2.52. The number of alkyl halides is 3. The molecule has 0 saturated carbocycles. The number of methoxy groups -OCH3 is 1. The summed E-state index contributed by atoms with van der Waals surface area (Å²) in [5.41, 5.74) is 1.34. The van der Waals surface area contributed by atoms with Crippen LogP contribution in [0.5, 0.6) is 0 Å². The molecular weight excluding hydrogens is 510 g/mol. The number of halogens is 5. The third-order valence-electron chi connectivity index (χ3n) is 6.16. The minimum absolute atomic E-state index is 0.184. The highest BCUT2D eigenvalue weighted by Crippen LogP contribution is 2.40. The Morgan fingerprint density at radius 2 is 1.94 bits per heavy atom. The van der Waals surface area contributed by atoms with Crippen LogP contribution < -0.4 is 10.6 Å². The summed E-state index contributed by atoms with van der Waals surface area (Å²) in [6, 6.07) is 5.52. The normalized spacial score (nSPS) is 22.6. The van der Waals surface area contributed by atoms with Crippen LogP contribution in [0.2, 0.25) is 10.0 Å². The lowest BCUT2D eigenvalue weighted by molar-refractivity contribution is -0.165. The van der Waals surface area contributed by atoms with Crippen LogP contribution in [-0.4, -0.2) is 41.1 Å². The summed E-state index contributed by atoms with van der Waals surface area (Å²) < 4.78 is 47.1. The predicted octanol–water partition coefficient (Wildman–Crippen LogP) is 4.14. The van der Waals surface area contributed by atoms with E-state index in [0.29, 0.717) is 12.0 Å². The SMILES string of the molecule is COC1c2ccc(C(O)NC(c3ccc(Cl)cc3Cl)C(F)(F)F)cc2CN1C1CCC(=O)NC1=O. The number of fused-ring (bicyclic) bond motifs is 1. The number of imide groups is 1. The molecule has 1 saturated heterocycles. The van der Waals surface area contributed by atoms with Gasteiger partial charge in [-0.2, -0.15) is 13.2 Å². The molecule has 2 aliphatic rings. The van der Waals surface area contributed by atoms with Gasteiger partial charge in [0, 0.05) is 35.7 Å². The summed E-state index contributed by atoms with van der Waals surface area (Å²) in [5.74, 6) is -0.765. The minimum atomic E-state index is -4.75. The molecule has 2 aromatic rings. The maximum absolute atomic E-state index is 13.9. The van der Waals surface area contributed by atoms with Gasteiger partial charge >= 0.3 is 6.18 Å². The van der Waals surface area contributed by atoms with E-state index in [1.54, 1.807) is 17.0 Å². The van der Waals surface area contributed by atoms with Gasteiger partial charge in [0.1, 0.15) is 18.5 Å². The van der Waals surface area contributed by atoms with Crippen LogP contribution in [0.3, 0.4) is 0 Å². The largest absolute Gasteiger partial charge is 0.408 e. The van der Waals surface area contributed by atoms with Gasteiger partial charge in [0.15, 0.2) is 0 Å². The molecule has 0 aromatic heterocycles. The van der Waals surface area contributed by atoms with E-state index in [-0.39, 0.29) is 40.0 Å². The third kappa shape index (κ3) is 5.32. The number of carbonyl (C=O) groups is 2. The quantitative estimate of drug-likeness (QED) is 0.383. The standard InChI is InChI=1S/C23H22Cl2F3N3O4/c1-35-22-14-4-2-11(8-12(14)10-31(22)17-6-7-18(32)29-21(17)34)20(33)30-19(23(26,27)28)15-5-3-13(24)9-16(15)25/h2-5,8-9,17,19-20,22,30,33H,6-7,10H2,1H3,(H,29,32,34). The first-order valence-electron chi connectivity index (χ1n) is 10.7. The van der Waals surface area contributed by atoms with Crippen LogP contribution in [0.4, 0.5) is 13.2 Å². The summed E-state index contributed by atoms with van der Waals surface area (Å²) in [7, 11) is 1.48. The van der Waals surface area contributed by atoms with Gasteiger partial charge < -0.3 is 9.84 Å². The Bertz CT molecular complexity index is 1150. The van der Waals surface area contributed by atoms with Gasteiger partial charge in [-0.25, -0.2) is 0 Å². The predicted molar refractivity (Wildman–Crippen MR) is 121 cm³/mol. The van der Waals surface area contributed by atoms with Crippen LogP contribution in [-0.2, 0) is 20.9 Å². The zero-order valence-electron chi connectivity index (χ0n) is 18.4. The van der Waals surface area contributed by atoms with Gasteiger partial charge in [-0.1, -0.05) is 47.5 Å². The van der Waals surface area contributed by atoms with Gasteiger partial charge in [0.05, 0.1) is 6.04 Å². The van der Waals surface area contributed by atoms with Crippen molar-refractivity contribution in [3.63, 3.8) is 0 Å². The Labute approximate surface area is 209 Å². The number of ether oxygens (including phenoxy) is 1. The van der Waals surface area contributed by atoms with Crippen LogP contribution in [0.1, 0.15) is 53.6 Å². The van der Waals surface area contributed by atoms with Crippen molar-refractivity contribution in [1.29, 1.82) is 0 Å². The van der Waals surface area contributed by atoms with Crippen molar-refractivity contribution >= 4 is 35.0 Å². The first kappa shape index (κ1) is 25.9. The van der Waals surface area contributed by atoms with Gasteiger partial charge in [0.25, 0.3) is 0 Å². The summed E-state index contributed by atoms with van der Waals surface area (Å²) in [6.45, 7) is 0.256. The highest BCUT2D eigenvalue weighted by atomic mass is 35.5. The van der Waals surface area contributed by atoms with E-state index in [1.807, 2.05) is 0 Å². The topological polar surface area (TPSA) is 90.9 Å². The van der Waals surface area contributed by atoms with E-state index < -0.39 is 36.6 Å². The Morgan fingerprint density at radius 1 is 1.20 bits per heavy atom. The maximum atomic E-state index is 13.9. The van der Waals surface area contributed by atoms with E-state index in [2.05, 4.69) is 10.6 Å². The average molecular weight is 532 g/mol. The number of aliphatic hydroxyl groups excluding tert-OH is 1. The number of nitrogens with one attached hydrogen (secondary N) is 2. The van der Waals surface area contributed by atoms with E-state index >= 15 is 0 Å². The molecule has 2 aliphatic heterocycles. The van der Waals surface area contributed by atoms with Gasteiger partial charge in [-0.05, 0) is 35.2 Å². The van der Waals surface area contributed by atoms with Gasteiger partial charge in [-0.15, -0.1) is 0 Å². The second-order valence-corrected chi connectivity index (χ2v) is 9.24. The highest BCUT2D eigenvalue weighted by molar-refractivity contribution is 6.35. The number of amides is 2. The summed E-state index contributed by atoms with van der Waals surface area (Å²) >= 11 is 11.8. The number of rotatable bonds is 6. The fourth-order valence-corrected chi connectivity index (χ4v) is 5.03. The van der Waals surface area contributed by atoms with Crippen molar-refractivity contribution in [2.75, 3.05) is 7.11 Å². The molecule has 12 heteroatoms. The van der Waals surface area contributed by atoms with Gasteiger partial charge in [-0.3, -0.25) is 25.1 Å². The number of hydrogen-bond acceptors (Lipinski definition) is 6. The first-order valence-corrected chi connectivity index (χ1v) is 11.5. The molecule has 2 heterocycles. The van der Waals surface area contributed by atoms with Crippen LogP contribution in [0, 0.1) is 0 Å². The Kier molecular flexibility index (Phi) is 7.42. The third-order valence-corrected chi connectivity index (χ3v) is 6.72. The monoisotopic (exact) mass is 531 g/mol. The van der Waals surface area contributed by atoms with Gasteiger partial charge in [0.2, 0.25) is 11.8 Å². The molecular formula is C23H22Cl2F3N3O4. The Hall–Kier alpha value is -2.21. The van der Waals surface area contributed by atoms with E-state index in [9.17, 15) is 27.9 Å². The van der Waals surface area contributed by atoms with Crippen LogP contribution in [0.25, 0.3) is 0 Å². The minimum Gasteiger partial charge on any atom is -0.374 e. The van der Waals surface area contributed by atoms with Crippen molar-refractivity contribution in [2.45, 2.75) is 50.1 Å². The van der Waals surface area contributed by atoms with Crippen LogP contribution in [0.15, 0.2) is 36.4 Å². The number of benzene rings is 2. The first-order chi connectivity index (χ1) is 16.5. The van der Waals surface area contributed by atoms with E-state index in [4.69, 9.17) is 27.9 Å². The van der Waals surface area contributed by atoms with E-state index in [0.717, 1.165) is 11.6 Å². The molecule has 188 valence electrons. The molecule has 0 radical (unpaired) electrons. The van der Waals surface area contributed by atoms with Crippen molar-refractivity contribution in [3.05, 3.63) is 68.7 Å². The molecule has 2 amide bonds. The van der Waals surface area contributed by atoms with Crippen molar-refractivity contribution < 1.29 is 32.6 Å². The number of aliphatic hydroxyl groups is 1. The average Bonchev–Trinajstić information content (AvgIpc) is 3.14. The maximum Gasteiger partial charge on any atom is 0.408 e. The molecule has 0 spiro atoms. The fourth-order valence-electron chi connectivity index (χ4n) is 4.52. The second kappa shape index (κ2) is 10.0. The molecule has 7 nitrogen and oxygen atoms in total. The second-order valence-electron chi connectivity index (χ2n) is 8.40. The fraction of sp³-hybridized carbons (Fsp3) is 0.391. The van der Waals surface area contributed by atoms with Crippen molar-refractivity contribution in [2.24, 2.45) is 0 Å². The molecule has 0 aliphatic carbocycles. The highest BCUT2D eigenvalue weighted by Gasteiger charge is 2.44. The molecule has 3 N–H and O–H groups in total. The molecule has 1 fully saturated rings. The molecule has 2 aromatic carbocycles. The number of nitrogens with zero attached hydrogens (tertiary/aromatic N) is 1. The van der Waals surface area contributed by atoms with Crippen molar-refractivity contribution in [3.8, 4) is 0 Å².